The van der Waals surface area contributed by atoms with Crippen LogP contribution in [0.2, 0.25) is 0 Å². The molecule has 0 unspecified atom stereocenters. The third kappa shape index (κ3) is 27.7. The molecule has 2 aliphatic rings. The van der Waals surface area contributed by atoms with Crippen molar-refractivity contribution in [3.8, 4) is 0 Å². The number of aliphatic hydroxyl groups excluding tert-OH is 8. The number of hydrogen-bond acceptors (Lipinski definition) is 13. The molecule has 0 spiro atoms. The molecule has 9 N–H and O–H groups in total. The maximum absolute atomic E-state index is 13.2. The minimum atomic E-state index is -1.78. The fourth-order valence-corrected chi connectivity index (χ4v) is 9.71. The molecule has 14 nitrogen and oxygen atoms in total. The molecule has 2 saturated heterocycles. The fourth-order valence-electron chi connectivity index (χ4n) is 9.71. The van der Waals surface area contributed by atoms with E-state index in [-0.39, 0.29) is 12.5 Å². The standard InChI is InChI=1S/C54H105NO13/c1-3-5-7-9-11-13-15-17-18-19-20-21-22-23-24-26-28-30-32-34-36-38-46(59)55-42(43(58)37-35-33-31-29-27-25-16-14-12-10-8-6-4-2)41-65-53-51(64)49(62)52(45(40-57)67-53)68-54-50(63)48(61)47(60)44(39-56)66-54/h42-45,47-54,56-58,60-64H,3-41H2,1-2H3,(H,55,59)/t42-,43+,44+,45+,47-,48-,49+,50+,51+,52+,53+,54-/m0/s1. The maximum atomic E-state index is 13.2. The highest BCUT2D eigenvalue weighted by Gasteiger charge is 2.51. The van der Waals surface area contributed by atoms with Crippen molar-refractivity contribution in [3.05, 3.63) is 0 Å². The van der Waals surface area contributed by atoms with Gasteiger partial charge in [0.15, 0.2) is 12.6 Å². The lowest BCUT2D eigenvalue weighted by atomic mass is 9.97. The predicted molar refractivity (Wildman–Crippen MR) is 268 cm³/mol. The summed E-state index contributed by atoms with van der Waals surface area (Å²) in [5.74, 6) is -0.202. The largest absolute Gasteiger partial charge is 0.394 e. The minimum Gasteiger partial charge on any atom is -0.394 e. The Labute approximate surface area is 413 Å². The molecule has 2 heterocycles. The number of carbonyl (C=O) groups excluding carboxylic acids is 1. The lowest BCUT2D eigenvalue weighted by Gasteiger charge is -2.46. The van der Waals surface area contributed by atoms with E-state index < -0.39 is 86.8 Å². The molecule has 0 saturated carbocycles. The number of nitrogens with one attached hydrogen (secondary N) is 1. The highest BCUT2D eigenvalue weighted by Crippen LogP contribution is 2.30. The lowest BCUT2D eigenvalue weighted by molar-refractivity contribution is -0.359. The van der Waals surface area contributed by atoms with Gasteiger partial charge in [-0.3, -0.25) is 4.79 Å². The molecular formula is C54H105NO13. The highest BCUT2D eigenvalue weighted by molar-refractivity contribution is 5.76. The second kappa shape index (κ2) is 41.5. The molecule has 1 amide bonds. The summed E-state index contributed by atoms with van der Waals surface area (Å²) in [4.78, 5) is 13.2. The maximum Gasteiger partial charge on any atom is 0.220 e. The van der Waals surface area contributed by atoms with Crippen LogP contribution in [0.5, 0.6) is 0 Å². The van der Waals surface area contributed by atoms with Crippen LogP contribution in [0.25, 0.3) is 0 Å². The van der Waals surface area contributed by atoms with E-state index in [1.807, 2.05) is 0 Å². The minimum absolute atomic E-state index is 0.202. The third-order valence-corrected chi connectivity index (χ3v) is 14.3. The van der Waals surface area contributed by atoms with Crippen LogP contribution < -0.4 is 5.32 Å². The van der Waals surface area contributed by atoms with E-state index in [1.54, 1.807) is 0 Å². The van der Waals surface area contributed by atoms with Crippen molar-refractivity contribution in [3.63, 3.8) is 0 Å². The number of ether oxygens (including phenoxy) is 4. The SMILES string of the molecule is CCCCCCCCCCCCCCCCCCCCCCCC(=O)N[C@@H](CO[C@@H]1O[C@H](CO)[C@@H](O[C@@H]2O[C@H](CO)[C@H](O)[C@H](O)[C@H]2O)[C@H](O)[C@H]1O)[C@H](O)CCCCCCCCCCCCCCC. The van der Waals surface area contributed by atoms with Crippen LogP contribution in [0.4, 0.5) is 0 Å². The Bertz CT molecular complexity index is 1150. The van der Waals surface area contributed by atoms with Gasteiger partial charge >= 0.3 is 0 Å². The second-order valence-electron chi connectivity index (χ2n) is 20.4. The molecule has 404 valence electrons. The molecular weight excluding hydrogens is 871 g/mol. The predicted octanol–water partition coefficient (Wildman–Crippen LogP) is 8.56. The summed E-state index contributed by atoms with van der Waals surface area (Å²) in [5, 5.41) is 87.0. The number of carbonyl (C=O) groups is 1. The average molecular weight is 976 g/mol. The van der Waals surface area contributed by atoms with Gasteiger partial charge in [0.1, 0.15) is 48.8 Å². The number of hydrogen-bond donors (Lipinski definition) is 9. The van der Waals surface area contributed by atoms with Crippen LogP contribution in [0.1, 0.15) is 245 Å². The first-order valence-corrected chi connectivity index (χ1v) is 28.3. The molecule has 0 aromatic heterocycles. The van der Waals surface area contributed by atoms with E-state index in [2.05, 4.69) is 19.2 Å². The first-order valence-electron chi connectivity index (χ1n) is 28.3. The summed E-state index contributed by atoms with van der Waals surface area (Å²) >= 11 is 0. The van der Waals surface area contributed by atoms with Gasteiger partial charge in [0.2, 0.25) is 5.91 Å². The van der Waals surface area contributed by atoms with Gasteiger partial charge < -0.3 is 65.1 Å². The number of amides is 1. The Hall–Kier alpha value is -1.01. The fraction of sp³-hybridized carbons (Fsp3) is 0.981. The summed E-state index contributed by atoms with van der Waals surface area (Å²) in [6.07, 6.45) is 26.7. The second-order valence-corrected chi connectivity index (χ2v) is 20.4. The third-order valence-electron chi connectivity index (χ3n) is 14.3. The molecule has 0 aromatic carbocycles. The molecule has 2 rings (SSSR count). The number of rotatable bonds is 45. The van der Waals surface area contributed by atoms with Crippen molar-refractivity contribution in [2.24, 2.45) is 0 Å². The van der Waals surface area contributed by atoms with Crippen LogP contribution >= 0.6 is 0 Å². The normalized spacial score (nSPS) is 26.3. The smallest absolute Gasteiger partial charge is 0.220 e. The molecule has 0 radical (unpaired) electrons. The zero-order chi connectivity index (χ0) is 49.6. The summed E-state index contributed by atoms with van der Waals surface area (Å²) in [6.45, 7) is 2.88. The zero-order valence-electron chi connectivity index (χ0n) is 43.1. The monoisotopic (exact) mass is 976 g/mol. The Morgan fingerprint density at radius 2 is 0.838 bits per heavy atom. The van der Waals surface area contributed by atoms with Crippen molar-refractivity contribution in [1.82, 2.24) is 5.32 Å². The molecule has 0 aliphatic carbocycles. The summed E-state index contributed by atoms with van der Waals surface area (Å²) in [7, 11) is 0. The zero-order valence-corrected chi connectivity index (χ0v) is 43.1. The number of aliphatic hydroxyl groups is 8. The van der Waals surface area contributed by atoms with Crippen LogP contribution in [0.3, 0.4) is 0 Å². The van der Waals surface area contributed by atoms with Gasteiger partial charge in [-0.25, -0.2) is 0 Å². The van der Waals surface area contributed by atoms with Crippen molar-refractivity contribution in [2.45, 2.75) is 319 Å². The lowest BCUT2D eigenvalue weighted by Crippen LogP contribution is -2.65. The molecule has 0 bridgehead atoms. The van der Waals surface area contributed by atoms with Crippen LogP contribution in [0, 0.1) is 0 Å². The number of unbranched alkanes of at least 4 members (excludes halogenated alkanes) is 32. The van der Waals surface area contributed by atoms with Gasteiger partial charge in [-0.2, -0.15) is 0 Å². The molecule has 14 heteroatoms. The van der Waals surface area contributed by atoms with E-state index in [9.17, 15) is 45.6 Å². The highest BCUT2D eigenvalue weighted by atomic mass is 16.7. The molecule has 12 atom stereocenters. The first-order chi connectivity index (χ1) is 33.1. The van der Waals surface area contributed by atoms with Gasteiger partial charge in [-0.15, -0.1) is 0 Å². The van der Waals surface area contributed by atoms with E-state index >= 15 is 0 Å². The van der Waals surface area contributed by atoms with Crippen LogP contribution in [0.15, 0.2) is 0 Å². The topological polar surface area (TPSA) is 228 Å². The van der Waals surface area contributed by atoms with Crippen LogP contribution in [-0.2, 0) is 23.7 Å². The summed E-state index contributed by atoms with van der Waals surface area (Å²) in [6, 6.07) is -0.821. The molecule has 68 heavy (non-hydrogen) atoms. The van der Waals surface area contributed by atoms with Crippen molar-refractivity contribution in [1.29, 1.82) is 0 Å². The van der Waals surface area contributed by atoms with Gasteiger partial charge in [0.25, 0.3) is 0 Å². The Kier molecular flexibility index (Phi) is 38.5. The Morgan fingerprint density at radius 3 is 1.25 bits per heavy atom. The molecule has 2 fully saturated rings. The summed E-state index contributed by atoms with van der Waals surface area (Å²) < 4.78 is 22.8. The van der Waals surface area contributed by atoms with Gasteiger partial charge in [-0.1, -0.05) is 226 Å². The molecule has 2 aliphatic heterocycles. The van der Waals surface area contributed by atoms with Crippen molar-refractivity contribution < 1.29 is 64.6 Å². The van der Waals surface area contributed by atoms with E-state index in [0.29, 0.717) is 12.8 Å². The van der Waals surface area contributed by atoms with Gasteiger partial charge in [0.05, 0.1) is 32.0 Å². The molecule has 0 aromatic rings. The van der Waals surface area contributed by atoms with Crippen molar-refractivity contribution >= 4 is 5.91 Å². The Balaban J connectivity index is 1.75. The average Bonchev–Trinajstić information content (AvgIpc) is 3.34. The first kappa shape index (κ1) is 63.1. The van der Waals surface area contributed by atoms with E-state index in [4.69, 9.17) is 18.9 Å². The quantitative estimate of drug-likeness (QED) is 0.0261. The van der Waals surface area contributed by atoms with E-state index in [1.165, 1.54) is 167 Å². The van der Waals surface area contributed by atoms with Gasteiger partial charge in [0, 0.05) is 6.42 Å². The van der Waals surface area contributed by atoms with E-state index in [0.717, 1.165) is 51.4 Å². The van der Waals surface area contributed by atoms with Gasteiger partial charge in [-0.05, 0) is 12.8 Å². The van der Waals surface area contributed by atoms with Crippen LogP contribution in [-0.4, -0.2) is 140 Å². The summed E-state index contributed by atoms with van der Waals surface area (Å²) in [5.41, 5.74) is 0. The Morgan fingerprint density at radius 1 is 0.471 bits per heavy atom. The van der Waals surface area contributed by atoms with Crippen molar-refractivity contribution in [2.75, 3.05) is 19.8 Å².